The number of rotatable bonds is 8. The normalized spacial score (nSPS) is 16.5. The molecule has 3 heterocycles. The molecule has 1 aromatic heterocycles. The zero-order valence-corrected chi connectivity index (χ0v) is 22.1. The summed E-state index contributed by atoms with van der Waals surface area (Å²) in [5.41, 5.74) is 5.43. The smallest absolute Gasteiger partial charge is 0.338 e. The molecule has 3 aromatic rings. The average molecular weight is 525 g/mol. The Bertz CT molecular complexity index is 1430. The van der Waals surface area contributed by atoms with Gasteiger partial charge in [0.05, 0.1) is 42.6 Å². The first-order chi connectivity index (χ1) is 18.5. The molecule has 0 unspecified atom stereocenters. The lowest BCUT2D eigenvalue weighted by Crippen LogP contribution is -2.38. The number of hydrogen-bond donors (Lipinski definition) is 1. The quantitative estimate of drug-likeness (QED) is 0.399. The zero-order chi connectivity index (χ0) is 26.5. The van der Waals surface area contributed by atoms with Crippen molar-refractivity contribution in [3.63, 3.8) is 0 Å². The van der Waals surface area contributed by atoms with Crippen LogP contribution < -0.4 is 5.32 Å². The van der Waals surface area contributed by atoms with Crippen LogP contribution in [0.3, 0.4) is 0 Å². The molecule has 1 atom stereocenters. The molecule has 0 spiro atoms. The van der Waals surface area contributed by atoms with Crippen molar-refractivity contribution in [2.75, 3.05) is 6.61 Å². The summed E-state index contributed by atoms with van der Waals surface area (Å²) >= 11 is 1.45. The minimum Gasteiger partial charge on any atom is -0.463 e. The molecule has 192 valence electrons. The van der Waals surface area contributed by atoms with Crippen molar-refractivity contribution < 1.29 is 14.3 Å². The molecule has 0 radical (unpaired) electrons. The Hall–Kier alpha value is -4.17. The van der Waals surface area contributed by atoms with E-state index in [4.69, 9.17) is 9.73 Å². The van der Waals surface area contributed by atoms with E-state index in [0.29, 0.717) is 17.8 Å². The van der Waals surface area contributed by atoms with Gasteiger partial charge in [0.25, 0.3) is 0 Å². The number of amides is 1. The van der Waals surface area contributed by atoms with Crippen molar-refractivity contribution in [3.05, 3.63) is 118 Å². The largest absolute Gasteiger partial charge is 0.463 e. The van der Waals surface area contributed by atoms with Gasteiger partial charge >= 0.3 is 5.97 Å². The van der Waals surface area contributed by atoms with Crippen LogP contribution in [0, 0.1) is 6.92 Å². The van der Waals surface area contributed by atoms with Crippen LogP contribution in [0.4, 0.5) is 0 Å². The summed E-state index contributed by atoms with van der Waals surface area (Å²) in [5, 5.41) is 5.61. The summed E-state index contributed by atoms with van der Waals surface area (Å²) in [7, 11) is 0. The van der Waals surface area contributed by atoms with Crippen LogP contribution in [0.25, 0.3) is 5.70 Å². The predicted molar refractivity (Wildman–Crippen MR) is 150 cm³/mol. The number of aliphatic imine (C=N–C) groups is 1. The van der Waals surface area contributed by atoms with E-state index < -0.39 is 12.0 Å². The lowest BCUT2D eigenvalue weighted by atomic mass is 9.90. The van der Waals surface area contributed by atoms with Gasteiger partial charge in [-0.1, -0.05) is 78.0 Å². The minimum atomic E-state index is -0.499. The molecular weight excluding hydrogens is 496 g/mol. The van der Waals surface area contributed by atoms with Crippen molar-refractivity contribution in [2.24, 2.45) is 4.99 Å². The molecule has 1 amide bonds. The van der Waals surface area contributed by atoms with E-state index in [9.17, 15) is 9.59 Å². The highest BCUT2D eigenvalue weighted by Crippen LogP contribution is 2.47. The molecule has 7 nitrogen and oxygen atoms in total. The number of aromatic nitrogens is 1. The molecule has 1 N–H and O–H groups in total. The van der Waals surface area contributed by atoms with Gasteiger partial charge in [-0.15, -0.1) is 0 Å². The molecule has 2 aliphatic heterocycles. The van der Waals surface area contributed by atoms with Crippen LogP contribution in [-0.4, -0.2) is 33.5 Å². The van der Waals surface area contributed by atoms with Gasteiger partial charge in [-0.2, -0.15) is 0 Å². The first-order valence-electron chi connectivity index (χ1n) is 12.5. The van der Waals surface area contributed by atoms with Crippen LogP contribution >= 0.6 is 11.8 Å². The molecule has 2 aliphatic rings. The Morgan fingerprint density at radius 1 is 1.05 bits per heavy atom. The fourth-order valence-electron chi connectivity index (χ4n) is 4.56. The van der Waals surface area contributed by atoms with Crippen LogP contribution in [-0.2, 0) is 20.9 Å². The van der Waals surface area contributed by atoms with Crippen molar-refractivity contribution in [2.45, 2.75) is 32.9 Å². The molecule has 0 fully saturated rings. The fraction of sp³-hybridized carbons (Fsp3) is 0.200. The SMILES string of the molecule is CCOC(=O)C1=C(c2ccccc2)N=C2SC=C(CC(=O)NCc3ccccn3)N2[C@@H]1c1cccc(C)c1. The van der Waals surface area contributed by atoms with Gasteiger partial charge in [0, 0.05) is 17.5 Å². The number of nitrogens with zero attached hydrogens (tertiary/aromatic N) is 3. The summed E-state index contributed by atoms with van der Waals surface area (Å²) in [5.74, 6) is -0.557. The van der Waals surface area contributed by atoms with Gasteiger partial charge in [0.15, 0.2) is 5.17 Å². The number of nitrogens with one attached hydrogen (secondary N) is 1. The van der Waals surface area contributed by atoms with Crippen molar-refractivity contribution in [1.29, 1.82) is 0 Å². The molecule has 8 heteroatoms. The Kier molecular flexibility index (Phi) is 7.70. The number of amidine groups is 1. The number of benzene rings is 2. The second-order valence-electron chi connectivity index (χ2n) is 8.93. The highest BCUT2D eigenvalue weighted by Gasteiger charge is 2.42. The fourth-order valence-corrected chi connectivity index (χ4v) is 5.48. The number of aryl methyl sites for hydroxylation is 1. The topological polar surface area (TPSA) is 83.9 Å². The second-order valence-corrected chi connectivity index (χ2v) is 9.77. The molecular formula is C30H28N4O3S. The number of hydrogen-bond acceptors (Lipinski definition) is 7. The minimum absolute atomic E-state index is 0.137. The lowest BCUT2D eigenvalue weighted by molar-refractivity contribution is -0.139. The van der Waals surface area contributed by atoms with Crippen LogP contribution in [0.1, 0.15) is 41.8 Å². The lowest BCUT2D eigenvalue weighted by Gasteiger charge is -2.37. The maximum absolute atomic E-state index is 13.5. The monoisotopic (exact) mass is 524 g/mol. The Balaban J connectivity index is 1.53. The summed E-state index contributed by atoms with van der Waals surface area (Å²) in [4.78, 5) is 37.7. The standard InChI is InChI=1S/C30H28N4O3S/c1-3-37-29(36)26-27(21-11-5-4-6-12-21)33-30-34(28(26)22-13-9-10-20(2)16-22)24(19-38-30)17-25(35)32-18-23-14-7-8-15-31-23/h4-16,19,28H,3,17-18H2,1-2H3,(H,32,35)/t28-/m1/s1. The molecule has 5 rings (SSSR count). The van der Waals surface area contributed by atoms with Crippen LogP contribution in [0.2, 0.25) is 0 Å². The maximum atomic E-state index is 13.5. The van der Waals surface area contributed by atoms with E-state index >= 15 is 0 Å². The number of ether oxygens (including phenoxy) is 1. The van der Waals surface area contributed by atoms with Crippen molar-refractivity contribution in [1.82, 2.24) is 15.2 Å². The third-order valence-corrected chi connectivity index (χ3v) is 7.13. The number of carbonyl (C=O) groups is 2. The highest BCUT2D eigenvalue weighted by molar-refractivity contribution is 8.16. The summed E-state index contributed by atoms with van der Waals surface area (Å²) < 4.78 is 5.56. The van der Waals surface area contributed by atoms with Gasteiger partial charge in [-0.25, -0.2) is 9.79 Å². The predicted octanol–water partition coefficient (Wildman–Crippen LogP) is 5.37. The maximum Gasteiger partial charge on any atom is 0.338 e. The third kappa shape index (κ3) is 5.40. The first-order valence-corrected chi connectivity index (χ1v) is 13.4. The zero-order valence-electron chi connectivity index (χ0n) is 21.3. The van der Waals surface area contributed by atoms with Crippen molar-refractivity contribution >= 4 is 34.5 Å². The summed E-state index contributed by atoms with van der Waals surface area (Å²) in [6.45, 7) is 4.40. The van der Waals surface area contributed by atoms with Gasteiger partial charge in [0.2, 0.25) is 5.91 Å². The van der Waals surface area contributed by atoms with E-state index in [2.05, 4.69) is 16.4 Å². The number of pyridine rings is 1. The first kappa shape index (κ1) is 25.5. The third-order valence-electron chi connectivity index (χ3n) is 6.25. The van der Waals surface area contributed by atoms with Crippen LogP contribution in [0.5, 0.6) is 0 Å². The van der Waals surface area contributed by atoms with Crippen molar-refractivity contribution in [3.8, 4) is 0 Å². The molecule has 0 saturated carbocycles. The van der Waals surface area contributed by atoms with Gasteiger partial charge < -0.3 is 15.0 Å². The summed E-state index contributed by atoms with van der Waals surface area (Å²) in [6, 6.07) is 22.9. The average Bonchev–Trinajstić information content (AvgIpc) is 3.34. The Labute approximate surface area is 226 Å². The van der Waals surface area contributed by atoms with E-state index in [-0.39, 0.29) is 18.9 Å². The molecule has 2 aromatic carbocycles. The number of carbonyl (C=O) groups excluding carboxylic acids is 2. The molecule has 0 bridgehead atoms. The van der Waals surface area contributed by atoms with Gasteiger partial charge in [-0.05, 0) is 37.0 Å². The second kappa shape index (κ2) is 11.5. The van der Waals surface area contributed by atoms with E-state index in [1.165, 1.54) is 11.8 Å². The van der Waals surface area contributed by atoms with Gasteiger partial charge in [-0.3, -0.25) is 9.78 Å². The number of esters is 1. The van der Waals surface area contributed by atoms with Gasteiger partial charge in [0.1, 0.15) is 0 Å². The Morgan fingerprint density at radius 3 is 2.61 bits per heavy atom. The molecule has 0 saturated heterocycles. The van der Waals surface area contributed by atoms with Crippen LogP contribution in [0.15, 0.2) is 101 Å². The van der Waals surface area contributed by atoms with E-state index in [1.807, 2.05) is 84.0 Å². The number of thioether (sulfide) groups is 1. The highest BCUT2D eigenvalue weighted by atomic mass is 32.2. The molecule has 0 aliphatic carbocycles. The number of fused-ring (bicyclic) bond motifs is 1. The van der Waals surface area contributed by atoms with E-state index in [0.717, 1.165) is 33.2 Å². The Morgan fingerprint density at radius 2 is 1.87 bits per heavy atom. The van der Waals surface area contributed by atoms with E-state index in [1.54, 1.807) is 13.1 Å². The molecule has 38 heavy (non-hydrogen) atoms. The summed E-state index contributed by atoms with van der Waals surface area (Å²) in [6.07, 6.45) is 1.84.